The van der Waals surface area contributed by atoms with Gasteiger partial charge >= 0.3 is 0 Å². The maximum atomic E-state index is 11.1. The molecule has 98 valence electrons. The van der Waals surface area contributed by atoms with Crippen LogP contribution in [0.1, 0.15) is 16.8 Å². The standard InChI is InChI=1S/C14H14N2O3/c1-16-12(3-4-15-16)11-7-10(9-17)8-13-14(11)19-6-2-5-18-13/h3-4,7-9H,2,5-6H2,1H3. The van der Waals surface area contributed by atoms with E-state index in [9.17, 15) is 4.79 Å². The van der Waals surface area contributed by atoms with Gasteiger partial charge < -0.3 is 9.47 Å². The second-order valence-corrected chi connectivity index (χ2v) is 4.40. The molecule has 2 heterocycles. The number of fused-ring (bicyclic) bond motifs is 1. The largest absolute Gasteiger partial charge is 0.490 e. The van der Waals surface area contributed by atoms with E-state index in [0.29, 0.717) is 30.3 Å². The molecule has 5 nitrogen and oxygen atoms in total. The Labute approximate surface area is 110 Å². The summed E-state index contributed by atoms with van der Waals surface area (Å²) in [6.07, 6.45) is 3.36. The number of aryl methyl sites for hydroxylation is 1. The van der Waals surface area contributed by atoms with Gasteiger partial charge in [0.25, 0.3) is 0 Å². The summed E-state index contributed by atoms with van der Waals surface area (Å²) in [6, 6.07) is 5.41. The van der Waals surface area contributed by atoms with Crippen molar-refractivity contribution in [3.05, 3.63) is 30.0 Å². The van der Waals surface area contributed by atoms with Gasteiger partial charge in [0.1, 0.15) is 6.29 Å². The highest BCUT2D eigenvalue weighted by molar-refractivity contribution is 5.83. The highest BCUT2D eigenvalue weighted by Gasteiger charge is 2.19. The highest BCUT2D eigenvalue weighted by Crippen LogP contribution is 2.40. The maximum absolute atomic E-state index is 11.1. The molecule has 0 saturated heterocycles. The van der Waals surface area contributed by atoms with Crippen molar-refractivity contribution in [2.45, 2.75) is 6.42 Å². The van der Waals surface area contributed by atoms with Crippen molar-refractivity contribution in [2.75, 3.05) is 13.2 Å². The number of nitrogens with zero attached hydrogens (tertiary/aromatic N) is 2. The SMILES string of the molecule is Cn1nccc1-c1cc(C=O)cc2c1OCCCO2. The lowest BCUT2D eigenvalue weighted by atomic mass is 10.1. The van der Waals surface area contributed by atoms with E-state index >= 15 is 0 Å². The first-order chi connectivity index (χ1) is 9.29. The van der Waals surface area contributed by atoms with Gasteiger partial charge in [-0.2, -0.15) is 5.10 Å². The summed E-state index contributed by atoms with van der Waals surface area (Å²) in [5.74, 6) is 1.31. The van der Waals surface area contributed by atoms with Gasteiger partial charge in [-0.05, 0) is 18.2 Å². The van der Waals surface area contributed by atoms with Gasteiger partial charge in [-0.3, -0.25) is 9.48 Å². The fourth-order valence-corrected chi connectivity index (χ4v) is 2.19. The second kappa shape index (κ2) is 4.76. The van der Waals surface area contributed by atoms with Crippen LogP contribution in [0.4, 0.5) is 0 Å². The number of aldehydes is 1. The molecule has 2 aromatic rings. The smallest absolute Gasteiger partial charge is 0.170 e. The number of aromatic nitrogens is 2. The summed E-state index contributed by atoms with van der Waals surface area (Å²) in [5.41, 5.74) is 2.30. The maximum Gasteiger partial charge on any atom is 0.170 e. The molecule has 0 atom stereocenters. The average Bonchev–Trinajstić information content (AvgIpc) is 2.71. The molecule has 0 amide bonds. The minimum Gasteiger partial charge on any atom is -0.490 e. The molecule has 0 aliphatic carbocycles. The molecule has 1 aromatic heterocycles. The third-order valence-electron chi connectivity index (χ3n) is 3.10. The Morgan fingerprint density at radius 2 is 2.16 bits per heavy atom. The number of carbonyl (C=O) groups is 1. The van der Waals surface area contributed by atoms with Gasteiger partial charge in [-0.1, -0.05) is 0 Å². The zero-order chi connectivity index (χ0) is 13.2. The topological polar surface area (TPSA) is 53.4 Å². The Kier molecular flexibility index (Phi) is 2.95. The predicted molar refractivity (Wildman–Crippen MR) is 69.6 cm³/mol. The third kappa shape index (κ3) is 2.07. The molecule has 1 aliphatic heterocycles. The van der Waals surface area contributed by atoms with Crippen LogP contribution in [-0.2, 0) is 7.05 Å². The van der Waals surface area contributed by atoms with Gasteiger partial charge in [-0.25, -0.2) is 0 Å². The van der Waals surface area contributed by atoms with E-state index in [0.717, 1.165) is 24.0 Å². The molecule has 0 N–H and O–H groups in total. The van der Waals surface area contributed by atoms with Gasteiger partial charge in [0, 0.05) is 30.8 Å². The van der Waals surface area contributed by atoms with Crippen LogP contribution in [0, 0.1) is 0 Å². The normalized spacial score (nSPS) is 13.9. The van der Waals surface area contributed by atoms with Crippen molar-refractivity contribution < 1.29 is 14.3 Å². The molecule has 0 radical (unpaired) electrons. The average molecular weight is 258 g/mol. The van der Waals surface area contributed by atoms with Crippen molar-refractivity contribution in [3.63, 3.8) is 0 Å². The van der Waals surface area contributed by atoms with Crippen molar-refractivity contribution >= 4 is 6.29 Å². The van der Waals surface area contributed by atoms with E-state index in [4.69, 9.17) is 9.47 Å². The number of benzene rings is 1. The van der Waals surface area contributed by atoms with Gasteiger partial charge in [-0.15, -0.1) is 0 Å². The summed E-state index contributed by atoms with van der Waals surface area (Å²) in [7, 11) is 1.85. The fourth-order valence-electron chi connectivity index (χ4n) is 2.19. The Morgan fingerprint density at radius 3 is 2.89 bits per heavy atom. The van der Waals surface area contributed by atoms with Crippen LogP contribution in [0.3, 0.4) is 0 Å². The van der Waals surface area contributed by atoms with Crippen LogP contribution in [-0.4, -0.2) is 29.3 Å². The van der Waals surface area contributed by atoms with E-state index in [1.807, 2.05) is 13.1 Å². The van der Waals surface area contributed by atoms with Crippen LogP contribution >= 0.6 is 0 Å². The van der Waals surface area contributed by atoms with Crippen LogP contribution in [0.25, 0.3) is 11.3 Å². The van der Waals surface area contributed by atoms with Crippen molar-refractivity contribution in [1.29, 1.82) is 0 Å². The monoisotopic (exact) mass is 258 g/mol. The number of ether oxygens (including phenoxy) is 2. The van der Waals surface area contributed by atoms with Crippen molar-refractivity contribution in [3.8, 4) is 22.8 Å². The molecule has 19 heavy (non-hydrogen) atoms. The molecule has 1 aromatic carbocycles. The molecule has 0 saturated carbocycles. The number of hydrogen-bond acceptors (Lipinski definition) is 4. The molecule has 5 heteroatoms. The Balaban J connectivity index is 2.22. The minimum atomic E-state index is 0.570. The summed E-state index contributed by atoms with van der Waals surface area (Å²) in [6.45, 7) is 1.21. The predicted octanol–water partition coefficient (Wildman–Crippen LogP) is 2.06. The van der Waals surface area contributed by atoms with Gasteiger partial charge in [0.2, 0.25) is 0 Å². The molecule has 0 bridgehead atoms. The second-order valence-electron chi connectivity index (χ2n) is 4.40. The first-order valence-corrected chi connectivity index (χ1v) is 6.17. The molecule has 0 unspecified atom stereocenters. The Bertz CT molecular complexity index is 619. The zero-order valence-electron chi connectivity index (χ0n) is 10.6. The van der Waals surface area contributed by atoms with Crippen LogP contribution in [0.15, 0.2) is 24.4 Å². The first-order valence-electron chi connectivity index (χ1n) is 6.17. The number of rotatable bonds is 2. The summed E-state index contributed by atoms with van der Waals surface area (Å²) < 4.78 is 13.2. The van der Waals surface area contributed by atoms with Gasteiger partial charge in [0.05, 0.1) is 18.9 Å². The number of hydrogen-bond donors (Lipinski definition) is 0. The Morgan fingerprint density at radius 1 is 1.32 bits per heavy atom. The molecule has 3 rings (SSSR count). The molecule has 0 fully saturated rings. The van der Waals surface area contributed by atoms with Crippen LogP contribution in [0.2, 0.25) is 0 Å². The lowest BCUT2D eigenvalue weighted by Crippen LogP contribution is -2.00. The van der Waals surface area contributed by atoms with Crippen molar-refractivity contribution in [1.82, 2.24) is 9.78 Å². The van der Waals surface area contributed by atoms with Crippen molar-refractivity contribution in [2.24, 2.45) is 7.05 Å². The van der Waals surface area contributed by atoms with E-state index < -0.39 is 0 Å². The quantitative estimate of drug-likeness (QED) is 0.774. The van der Waals surface area contributed by atoms with Gasteiger partial charge in [0.15, 0.2) is 11.5 Å². The first kappa shape index (κ1) is 11.8. The minimum absolute atomic E-state index is 0.570. The summed E-state index contributed by atoms with van der Waals surface area (Å²) >= 11 is 0. The zero-order valence-corrected chi connectivity index (χ0v) is 10.6. The van der Waals surface area contributed by atoms with Crippen LogP contribution < -0.4 is 9.47 Å². The summed E-state index contributed by atoms with van der Waals surface area (Å²) in [5, 5.41) is 4.15. The molecule has 0 spiro atoms. The molecule has 1 aliphatic rings. The lowest BCUT2D eigenvalue weighted by molar-refractivity contribution is 0.112. The highest BCUT2D eigenvalue weighted by atomic mass is 16.5. The Hall–Kier alpha value is -2.30. The van der Waals surface area contributed by atoms with E-state index in [-0.39, 0.29) is 0 Å². The van der Waals surface area contributed by atoms with E-state index in [2.05, 4.69) is 5.10 Å². The fraction of sp³-hybridized carbons (Fsp3) is 0.286. The molecular formula is C14H14N2O3. The number of carbonyl (C=O) groups excluding carboxylic acids is 1. The van der Waals surface area contributed by atoms with E-state index in [1.54, 1.807) is 23.0 Å². The lowest BCUT2D eigenvalue weighted by Gasteiger charge is -2.13. The van der Waals surface area contributed by atoms with E-state index in [1.165, 1.54) is 0 Å². The third-order valence-corrected chi connectivity index (χ3v) is 3.10. The van der Waals surface area contributed by atoms with Crippen LogP contribution in [0.5, 0.6) is 11.5 Å². The molecular weight excluding hydrogens is 244 g/mol. The summed E-state index contributed by atoms with van der Waals surface area (Å²) in [4.78, 5) is 11.1.